The first kappa shape index (κ1) is 27.4. The van der Waals surface area contributed by atoms with Crippen molar-refractivity contribution in [2.45, 2.75) is 0 Å². The van der Waals surface area contributed by atoms with Crippen molar-refractivity contribution in [2.75, 3.05) is 9.80 Å². The van der Waals surface area contributed by atoms with Crippen molar-refractivity contribution in [3.8, 4) is 11.1 Å². The third-order valence-electron chi connectivity index (χ3n) is 8.40. The number of aromatic nitrogens is 1. The van der Waals surface area contributed by atoms with Crippen LogP contribution in [0.2, 0.25) is 0 Å². The lowest BCUT2D eigenvalue weighted by Gasteiger charge is -2.29. The van der Waals surface area contributed by atoms with Crippen LogP contribution >= 0.6 is 0 Å². The Morgan fingerprint density at radius 2 is 0.804 bits per heavy atom. The number of nitrogens with zero attached hydrogens (tertiary/aromatic N) is 3. The molecule has 3 heteroatoms. The lowest BCUT2D eigenvalue weighted by Crippen LogP contribution is -2.13. The standard InChI is InChI=1S/C43H31N3/c1-4-15-37(16-5-1)45(38-17-6-2-7-18-38)40-21-12-22-41(30-40)46(39-19-8-3-9-20-39)42-25-26-43-35(29-42)28-36(31-44-43)34-24-23-32-13-10-11-14-33(32)27-34/h1-31H. The molecule has 0 aliphatic heterocycles. The molecule has 0 unspecified atom stereocenters. The second kappa shape index (κ2) is 12.1. The summed E-state index contributed by atoms with van der Waals surface area (Å²) in [5.41, 5.74) is 9.75. The Bertz CT molecular complexity index is 2220. The summed E-state index contributed by atoms with van der Waals surface area (Å²) in [6.07, 6.45) is 1.98. The van der Waals surface area contributed by atoms with Crippen molar-refractivity contribution < 1.29 is 0 Å². The second-order valence-electron chi connectivity index (χ2n) is 11.4. The molecule has 7 aromatic carbocycles. The van der Waals surface area contributed by atoms with E-state index in [2.05, 4.69) is 192 Å². The average molecular weight is 590 g/mol. The van der Waals surface area contributed by atoms with Crippen molar-refractivity contribution in [3.63, 3.8) is 0 Å². The van der Waals surface area contributed by atoms with Crippen molar-refractivity contribution in [2.24, 2.45) is 0 Å². The topological polar surface area (TPSA) is 19.4 Å². The van der Waals surface area contributed by atoms with E-state index >= 15 is 0 Å². The first-order valence-corrected chi connectivity index (χ1v) is 15.5. The molecule has 0 bridgehead atoms. The molecule has 0 aliphatic carbocycles. The number of fused-ring (bicyclic) bond motifs is 2. The summed E-state index contributed by atoms with van der Waals surface area (Å²) in [5.74, 6) is 0. The van der Waals surface area contributed by atoms with Crippen molar-refractivity contribution >= 4 is 55.8 Å². The molecule has 0 aliphatic rings. The van der Waals surface area contributed by atoms with E-state index < -0.39 is 0 Å². The van der Waals surface area contributed by atoms with Gasteiger partial charge in [0.25, 0.3) is 0 Å². The molecule has 1 aromatic heterocycles. The molecular weight excluding hydrogens is 558 g/mol. The number of anilines is 6. The monoisotopic (exact) mass is 589 g/mol. The summed E-state index contributed by atoms with van der Waals surface area (Å²) in [6.45, 7) is 0. The molecule has 8 rings (SSSR count). The van der Waals surface area contributed by atoms with Gasteiger partial charge in [-0.1, -0.05) is 97.1 Å². The Morgan fingerprint density at radius 1 is 0.304 bits per heavy atom. The van der Waals surface area contributed by atoms with Crippen LogP contribution in [0.15, 0.2) is 188 Å². The van der Waals surface area contributed by atoms with E-state index in [1.165, 1.54) is 10.8 Å². The highest BCUT2D eigenvalue weighted by Crippen LogP contribution is 2.41. The fraction of sp³-hybridized carbons (Fsp3) is 0. The van der Waals surface area contributed by atoms with E-state index in [-0.39, 0.29) is 0 Å². The van der Waals surface area contributed by atoms with E-state index in [4.69, 9.17) is 4.98 Å². The zero-order valence-corrected chi connectivity index (χ0v) is 25.2. The summed E-state index contributed by atoms with van der Waals surface area (Å²) < 4.78 is 0. The van der Waals surface area contributed by atoms with E-state index in [0.717, 1.165) is 56.2 Å². The van der Waals surface area contributed by atoms with Gasteiger partial charge in [0.1, 0.15) is 0 Å². The van der Waals surface area contributed by atoms with Gasteiger partial charge in [0.2, 0.25) is 0 Å². The zero-order chi connectivity index (χ0) is 30.7. The summed E-state index contributed by atoms with van der Waals surface area (Å²) in [4.78, 5) is 9.48. The van der Waals surface area contributed by atoms with Crippen LogP contribution in [0.1, 0.15) is 0 Å². The summed E-state index contributed by atoms with van der Waals surface area (Å²) in [6, 6.07) is 64.2. The normalized spacial score (nSPS) is 11.0. The Labute approximate surface area is 269 Å². The van der Waals surface area contributed by atoms with Crippen LogP contribution in [0.5, 0.6) is 0 Å². The number of rotatable bonds is 7. The van der Waals surface area contributed by atoms with Gasteiger partial charge in [0.05, 0.1) is 5.52 Å². The highest BCUT2D eigenvalue weighted by Gasteiger charge is 2.17. The molecule has 46 heavy (non-hydrogen) atoms. The van der Waals surface area contributed by atoms with Crippen LogP contribution in [0.4, 0.5) is 34.1 Å². The molecule has 3 nitrogen and oxygen atoms in total. The highest BCUT2D eigenvalue weighted by molar-refractivity contribution is 5.92. The summed E-state index contributed by atoms with van der Waals surface area (Å²) in [5, 5.41) is 3.56. The maximum atomic E-state index is 4.86. The van der Waals surface area contributed by atoms with Crippen LogP contribution in [0.3, 0.4) is 0 Å². The van der Waals surface area contributed by atoms with E-state index in [1.54, 1.807) is 0 Å². The van der Waals surface area contributed by atoms with Crippen LogP contribution < -0.4 is 9.80 Å². The van der Waals surface area contributed by atoms with Crippen LogP contribution in [-0.2, 0) is 0 Å². The summed E-state index contributed by atoms with van der Waals surface area (Å²) in [7, 11) is 0. The smallest absolute Gasteiger partial charge is 0.0703 e. The van der Waals surface area contributed by atoms with Gasteiger partial charge in [0, 0.05) is 51.3 Å². The summed E-state index contributed by atoms with van der Waals surface area (Å²) >= 11 is 0. The minimum absolute atomic E-state index is 0.967. The van der Waals surface area contributed by atoms with Gasteiger partial charge in [0.15, 0.2) is 0 Å². The molecule has 1 heterocycles. The Morgan fingerprint density at radius 3 is 1.43 bits per heavy atom. The molecular formula is C43H31N3. The zero-order valence-electron chi connectivity index (χ0n) is 25.2. The van der Waals surface area contributed by atoms with E-state index in [9.17, 15) is 0 Å². The third kappa shape index (κ3) is 5.36. The molecule has 0 radical (unpaired) electrons. The Balaban J connectivity index is 1.24. The van der Waals surface area contributed by atoms with Gasteiger partial charge < -0.3 is 9.80 Å². The fourth-order valence-corrected chi connectivity index (χ4v) is 6.18. The number of para-hydroxylation sites is 3. The lowest BCUT2D eigenvalue weighted by atomic mass is 10.0. The molecule has 0 spiro atoms. The van der Waals surface area contributed by atoms with Crippen molar-refractivity contribution in [1.29, 1.82) is 0 Å². The van der Waals surface area contributed by atoms with E-state index in [1.807, 2.05) is 6.20 Å². The minimum Gasteiger partial charge on any atom is -0.310 e. The third-order valence-corrected chi connectivity index (χ3v) is 8.40. The van der Waals surface area contributed by atoms with Crippen molar-refractivity contribution in [3.05, 3.63) is 188 Å². The Hall–Kier alpha value is -6.19. The first-order chi connectivity index (χ1) is 22.8. The van der Waals surface area contributed by atoms with Crippen LogP contribution in [-0.4, -0.2) is 4.98 Å². The molecule has 0 saturated carbocycles. The van der Waals surface area contributed by atoms with Gasteiger partial charge >= 0.3 is 0 Å². The predicted octanol–water partition coefficient (Wildman–Crippen LogP) is 12.0. The second-order valence-corrected chi connectivity index (χ2v) is 11.4. The number of benzene rings is 7. The molecule has 0 atom stereocenters. The molecule has 0 saturated heterocycles. The minimum atomic E-state index is 0.967. The first-order valence-electron chi connectivity index (χ1n) is 15.5. The van der Waals surface area contributed by atoms with E-state index in [0.29, 0.717) is 0 Å². The maximum absolute atomic E-state index is 4.86. The Kier molecular flexibility index (Phi) is 7.18. The molecule has 0 fully saturated rings. The number of hydrogen-bond acceptors (Lipinski definition) is 3. The van der Waals surface area contributed by atoms with Gasteiger partial charge in [-0.2, -0.15) is 0 Å². The fourth-order valence-electron chi connectivity index (χ4n) is 6.18. The average Bonchev–Trinajstić information content (AvgIpc) is 3.13. The van der Waals surface area contributed by atoms with Gasteiger partial charge in [-0.25, -0.2) is 0 Å². The number of hydrogen-bond donors (Lipinski definition) is 0. The predicted molar refractivity (Wildman–Crippen MR) is 194 cm³/mol. The van der Waals surface area contributed by atoms with Crippen LogP contribution in [0, 0.1) is 0 Å². The SMILES string of the molecule is c1ccc(N(c2ccccc2)c2cccc(N(c3ccccc3)c3ccc4ncc(-c5ccc6ccccc6c5)cc4c3)c2)cc1. The molecule has 8 aromatic rings. The van der Waals surface area contributed by atoms with Crippen molar-refractivity contribution in [1.82, 2.24) is 4.98 Å². The highest BCUT2D eigenvalue weighted by atomic mass is 15.2. The molecule has 0 amide bonds. The molecule has 0 N–H and O–H groups in total. The molecule has 218 valence electrons. The van der Waals surface area contributed by atoms with Crippen LogP contribution in [0.25, 0.3) is 32.8 Å². The van der Waals surface area contributed by atoms with Gasteiger partial charge in [-0.3, -0.25) is 4.98 Å². The number of pyridine rings is 1. The quantitative estimate of drug-likeness (QED) is 0.184. The maximum Gasteiger partial charge on any atom is 0.0703 e. The van der Waals surface area contributed by atoms with Gasteiger partial charge in [-0.15, -0.1) is 0 Å². The largest absolute Gasteiger partial charge is 0.310 e. The lowest BCUT2D eigenvalue weighted by molar-refractivity contribution is 1.25. The van der Waals surface area contributed by atoms with Gasteiger partial charge in [-0.05, 0) is 101 Å².